The topological polar surface area (TPSA) is 155 Å². The van der Waals surface area contributed by atoms with Crippen LogP contribution in [-0.4, -0.2) is 62.0 Å². The van der Waals surface area contributed by atoms with Crippen LogP contribution in [0.1, 0.15) is 72.1 Å². The van der Waals surface area contributed by atoms with Crippen molar-refractivity contribution in [3.63, 3.8) is 0 Å². The maximum Gasteiger partial charge on any atom is 0.264 e. The lowest BCUT2D eigenvalue weighted by atomic mass is 10.0. The van der Waals surface area contributed by atoms with Crippen LogP contribution in [0, 0.1) is 0 Å². The van der Waals surface area contributed by atoms with Crippen molar-refractivity contribution in [2.45, 2.75) is 57.4 Å². The highest BCUT2D eigenvalue weighted by Gasteiger charge is 2.45. The fourth-order valence-electron chi connectivity index (χ4n) is 4.44. The van der Waals surface area contributed by atoms with E-state index in [-0.39, 0.29) is 29.9 Å². The molecule has 1 aromatic carbocycles. The highest BCUT2D eigenvalue weighted by Crippen LogP contribution is 2.32. The molecule has 12 heteroatoms. The van der Waals surface area contributed by atoms with E-state index in [0.717, 1.165) is 37.0 Å². The van der Waals surface area contributed by atoms with E-state index in [1.54, 1.807) is 31.4 Å². The zero-order valence-corrected chi connectivity index (χ0v) is 20.1. The number of hydrogen-bond acceptors (Lipinski definition) is 8. The van der Waals surface area contributed by atoms with Crippen LogP contribution < -0.4 is 16.0 Å². The van der Waals surface area contributed by atoms with Crippen LogP contribution in [0.5, 0.6) is 0 Å². The van der Waals surface area contributed by atoms with Gasteiger partial charge in [-0.3, -0.25) is 38.9 Å². The van der Waals surface area contributed by atoms with Crippen molar-refractivity contribution < 1.29 is 24.0 Å². The SMILES string of the molecule is Cn1cc(NC(=O)CCCCCCCNc2cccc3c2C(=O)N(C2CCC(=O)NC2=O)C3=O)nn1. The first-order chi connectivity index (χ1) is 17.3. The molecular weight excluding hydrogens is 466 g/mol. The van der Waals surface area contributed by atoms with Crippen LogP contribution in [0.2, 0.25) is 0 Å². The first kappa shape index (κ1) is 25.0. The van der Waals surface area contributed by atoms with E-state index in [4.69, 9.17) is 0 Å². The Kier molecular flexibility index (Phi) is 7.71. The molecule has 0 aliphatic carbocycles. The summed E-state index contributed by atoms with van der Waals surface area (Å²) in [6.07, 6.45) is 6.74. The molecule has 190 valence electrons. The molecule has 2 aliphatic rings. The average Bonchev–Trinajstić information content (AvgIpc) is 3.36. The number of nitrogens with one attached hydrogen (secondary N) is 3. The van der Waals surface area contributed by atoms with Crippen molar-refractivity contribution in [1.82, 2.24) is 25.2 Å². The number of carbonyl (C=O) groups is 5. The van der Waals surface area contributed by atoms with E-state index in [1.165, 1.54) is 4.68 Å². The van der Waals surface area contributed by atoms with Crippen molar-refractivity contribution in [2.24, 2.45) is 7.05 Å². The van der Waals surface area contributed by atoms with E-state index >= 15 is 0 Å². The van der Waals surface area contributed by atoms with Crippen LogP contribution >= 0.6 is 0 Å². The van der Waals surface area contributed by atoms with Crippen LogP contribution in [-0.2, 0) is 21.4 Å². The van der Waals surface area contributed by atoms with Gasteiger partial charge in [0.05, 0.1) is 17.3 Å². The van der Waals surface area contributed by atoms with Crippen molar-refractivity contribution in [3.8, 4) is 0 Å². The molecule has 2 aliphatic heterocycles. The molecule has 0 spiro atoms. The van der Waals surface area contributed by atoms with E-state index < -0.39 is 29.7 Å². The summed E-state index contributed by atoms with van der Waals surface area (Å²) in [6, 6.07) is 4.04. The maximum atomic E-state index is 13.1. The van der Waals surface area contributed by atoms with E-state index in [9.17, 15) is 24.0 Å². The van der Waals surface area contributed by atoms with Gasteiger partial charge in [0.2, 0.25) is 17.7 Å². The second-order valence-electron chi connectivity index (χ2n) is 8.95. The Labute approximate surface area is 207 Å². The summed E-state index contributed by atoms with van der Waals surface area (Å²) in [7, 11) is 1.73. The van der Waals surface area contributed by atoms with Gasteiger partial charge in [-0.15, -0.1) is 5.10 Å². The van der Waals surface area contributed by atoms with Gasteiger partial charge < -0.3 is 10.6 Å². The number of piperidine rings is 1. The largest absolute Gasteiger partial charge is 0.384 e. The Hall–Kier alpha value is -4.09. The molecule has 0 saturated carbocycles. The third kappa shape index (κ3) is 5.58. The molecule has 1 unspecified atom stereocenters. The summed E-state index contributed by atoms with van der Waals surface area (Å²) in [5.74, 6) is -1.70. The summed E-state index contributed by atoms with van der Waals surface area (Å²) >= 11 is 0. The molecule has 4 rings (SSSR count). The number of fused-ring (bicyclic) bond motifs is 1. The molecule has 5 amide bonds. The number of hydrogen-bond donors (Lipinski definition) is 3. The van der Waals surface area contributed by atoms with E-state index in [2.05, 4.69) is 26.3 Å². The quantitative estimate of drug-likeness (QED) is 0.314. The Morgan fingerprint density at radius 3 is 2.61 bits per heavy atom. The van der Waals surface area contributed by atoms with Crippen molar-refractivity contribution in [2.75, 3.05) is 17.2 Å². The van der Waals surface area contributed by atoms with Gasteiger partial charge in [0.25, 0.3) is 11.8 Å². The fraction of sp³-hybridized carbons (Fsp3) is 0.458. The first-order valence-corrected chi connectivity index (χ1v) is 12.1. The zero-order valence-electron chi connectivity index (χ0n) is 20.1. The summed E-state index contributed by atoms with van der Waals surface area (Å²) in [4.78, 5) is 62.6. The Morgan fingerprint density at radius 2 is 1.86 bits per heavy atom. The molecule has 1 atom stereocenters. The third-order valence-electron chi connectivity index (χ3n) is 6.23. The lowest BCUT2D eigenvalue weighted by Crippen LogP contribution is -2.54. The van der Waals surface area contributed by atoms with Crippen LogP contribution in [0.4, 0.5) is 11.5 Å². The summed E-state index contributed by atoms with van der Waals surface area (Å²) in [6.45, 7) is 0.615. The average molecular weight is 496 g/mol. The lowest BCUT2D eigenvalue weighted by Gasteiger charge is -2.27. The molecule has 2 aromatic rings. The maximum absolute atomic E-state index is 13.1. The standard InChI is InChI=1S/C24H29N7O5/c1-30-14-18(28-29-30)26-19(32)10-5-3-2-4-6-13-25-16-9-7-8-15-21(16)24(36)31(23(15)35)17-11-12-20(33)27-22(17)34/h7-9,14,17,25H,2-6,10-13H2,1H3,(H,26,32)(H,27,33,34). The lowest BCUT2D eigenvalue weighted by molar-refractivity contribution is -0.136. The summed E-state index contributed by atoms with van der Waals surface area (Å²) in [5.41, 5.74) is 1.08. The fourth-order valence-corrected chi connectivity index (χ4v) is 4.44. The number of nitrogens with zero attached hydrogens (tertiary/aromatic N) is 4. The van der Waals surface area contributed by atoms with Gasteiger partial charge in [0.1, 0.15) is 6.04 Å². The number of rotatable bonds is 11. The van der Waals surface area contributed by atoms with Gasteiger partial charge in [-0.05, 0) is 31.4 Å². The molecule has 12 nitrogen and oxygen atoms in total. The minimum atomic E-state index is -0.981. The number of anilines is 2. The van der Waals surface area contributed by atoms with Gasteiger partial charge >= 0.3 is 0 Å². The Balaban J connectivity index is 1.20. The highest BCUT2D eigenvalue weighted by molar-refractivity contribution is 6.25. The Bertz CT molecular complexity index is 1190. The number of aromatic nitrogens is 3. The highest BCUT2D eigenvalue weighted by atomic mass is 16.2. The number of carbonyl (C=O) groups excluding carboxylic acids is 5. The smallest absolute Gasteiger partial charge is 0.264 e. The van der Waals surface area contributed by atoms with Crippen molar-refractivity contribution in [1.29, 1.82) is 0 Å². The number of amides is 5. The van der Waals surface area contributed by atoms with Crippen molar-refractivity contribution >= 4 is 41.0 Å². The molecule has 36 heavy (non-hydrogen) atoms. The second-order valence-corrected chi connectivity index (χ2v) is 8.95. The Morgan fingerprint density at radius 1 is 1.08 bits per heavy atom. The normalized spacial score (nSPS) is 17.2. The van der Waals surface area contributed by atoms with Gasteiger partial charge in [-0.1, -0.05) is 30.5 Å². The monoisotopic (exact) mass is 495 g/mol. The number of aryl methyl sites for hydroxylation is 1. The predicted molar refractivity (Wildman–Crippen MR) is 129 cm³/mol. The summed E-state index contributed by atoms with van der Waals surface area (Å²) < 4.78 is 1.52. The minimum absolute atomic E-state index is 0.0827. The number of unbranched alkanes of at least 4 members (excludes halogenated alkanes) is 4. The van der Waals surface area contributed by atoms with Gasteiger partial charge in [0, 0.05) is 32.1 Å². The molecule has 0 radical (unpaired) electrons. The first-order valence-electron chi connectivity index (χ1n) is 12.1. The summed E-state index contributed by atoms with van der Waals surface area (Å²) in [5, 5.41) is 15.7. The third-order valence-corrected chi connectivity index (χ3v) is 6.23. The van der Waals surface area contributed by atoms with E-state index in [0.29, 0.717) is 24.5 Å². The van der Waals surface area contributed by atoms with Gasteiger partial charge in [0.15, 0.2) is 5.82 Å². The molecule has 3 N–H and O–H groups in total. The zero-order chi connectivity index (χ0) is 25.7. The van der Waals surface area contributed by atoms with Crippen LogP contribution in [0.25, 0.3) is 0 Å². The second kappa shape index (κ2) is 11.1. The molecule has 0 bridgehead atoms. The van der Waals surface area contributed by atoms with E-state index in [1.807, 2.05) is 0 Å². The molecule has 1 saturated heterocycles. The van der Waals surface area contributed by atoms with Crippen LogP contribution in [0.3, 0.4) is 0 Å². The molecule has 3 heterocycles. The van der Waals surface area contributed by atoms with Crippen molar-refractivity contribution in [3.05, 3.63) is 35.5 Å². The molecule has 1 aromatic heterocycles. The minimum Gasteiger partial charge on any atom is -0.384 e. The number of benzene rings is 1. The van der Waals surface area contributed by atoms with Crippen LogP contribution in [0.15, 0.2) is 24.4 Å². The molecule has 1 fully saturated rings. The van der Waals surface area contributed by atoms with Gasteiger partial charge in [-0.2, -0.15) is 0 Å². The van der Waals surface area contributed by atoms with Gasteiger partial charge in [-0.25, -0.2) is 0 Å². The number of imide groups is 2. The molecular formula is C24H29N7O5. The predicted octanol–water partition coefficient (Wildman–Crippen LogP) is 1.61.